The molecule has 4 nitrogen and oxygen atoms in total. The minimum Gasteiger partial charge on any atom is -0.325 e. The summed E-state index contributed by atoms with van der Waals surface area (Å²) in [5.41, 5.74) is 0. The van der Waals surface area contributed by atoms with Crippen molar-refractivity contribution < 1.29 is 4.79 Å². The second-order valence-electron chi connectivity index (χ2n) is 3.51. The van der Waals surface area contributed by atoms with Crippen LogP contribution in [0, 0.1) is 11.3 Å². The summed E-state index contributed by atoms with van der Waals surface area (Å²) >= 11 is 0. The highest BCUT2D eigenvalue weighted by Gasteiger charge is 2.10. The second-order valence-corrected chi connectivity index (χ2v) is 3.51. The van der Waals surface area contributed by atoms with Gasteiger partial charge in [0.1, 0.15) is 6.54 Å². The van der Waals surface area contributed by atoms with Gasteiger partial charge in [-0.2, -0.15) is 5.26 Å². The Bertz CT molecular complexity index is 202. The van der Waals surface area contributed by atoms with Gasteiger partial charge in [0.05, 0.1) is 6.07 Å². The van der Waals surface area contributed by atoms with Gasteiger partial charge in [-0.05, 0) is 12.8 Å². The summed E-state index contributed by atoms with van der Waals surface area (Å²) in [6, 6.07) is 1.79. The van der Waals surface area contributed by atoms with Crippen molar-refractivity contribution >= 4 is 6.03 Å². The summed E-state index contributed by atoms with van der Waals surface area (Å²) in [5, 5.41) is 10.9. The van der Waals surface area contributed by atoms with Crippen LogP contribution in [-0.2, 0) is 0 Å². The highest BCUT2D eigenvalue weighted by molar-refractivity contribution is 5.74. The molecule has 0 aliphatic carbocycles. The first kappa shape index (κ1) is 13.8. The highest BCUT2D eigenvalue weighted by atomic mass is 16.2. The van der Waals surface area contributed by atoms with Gasteiger partial charge in [0.15, 0.2) is 0 Å². The minimum absolute atomic E-state index is 0.0909. The van der Waals surface area contributed by atoms with Gasteiger partial charge < -0.3 is 10.2 Å². The van der Waals surface area contributed by atoms with Crippen molar-refractivity contribution in [3.63, 3.8) is 0 Å². The largest absolute Gasteiger partial charge is 0.325 e. The fraction of sp³-hybridized carbons (Fsp3) is 0.818. The molecule has 0 unspecified atom stereocenters. The maximum absolute atomic E-state index is 11.6. The Kier molecular flexibility index (Phi) is 8.55. The molecular formula is C11H21N3O. The van der Waals surface area contributed by atoms with Crippen LogP contribution in [0.1, 0.15) is 39.5 Å². The maximum atomic E-state index is 11.6. The molecule has 4 heteroatoms. The molecule has 0 aromatic rings. The number of hydrogen-bond acceptors (Lipinski definition) is 2. The lowest BCUT2D eigenvalue weighted by atomic mass is 10.3. The number of amides is 2. The van der Waals surface area contributed by atoms with Gasteiger partial charge in [-0.15, -0.1) is 0 Å². The van der Waals surface area contributed by atoms with Crippen LogP contribution in [0.4, 0.5) is 4.79 Å². The zero-order valence-electron chi connectivity index (χ0n) is 9.75. The maximum Gasteiger partial charge on any atom is 0.318 e. The number of carbonyl (C=O) groups excluding carboxylic acids is 1. The van der Waals surface area contributed by atoms with Gasteiger partial charge in [-0.1, -0.05) is 26.7 Å². The number of rotatable bonds is 7. The van der Waals surface area contributed by atoms with E-state index in [1.807, 2.05) is 6.07 Å². The molecule has 2 amide bonds. The Morgan fingerprint density at radius 3 is 2.20 bits per heavy atom. The number of nitrogens with zero attached hydrogens (tertiary/aromatic N) is 2. The topological polar surface area (TPSA) is 56.1 Å². The molecule has 0 aromatic carbocycles. The van der Waals surface area contributed by atoms with E-state index in [-0.39, 0.29) is 12.6 Å². The zero-order chi connectivity index (χ0) is 11.5. The monoisotopic (exact) mass is 211 g/mol. The van der Waals surface area contributed by atoms with E-state index in [1.165, 1.54) is 0 Å². The van der Waals surface area contributed by atoms with Gasteiger partial charge >= 0.3 is 6.03 Å². The Morgan fingerprint density at radius 2 is 1.80 bits per heavy atom. The van der Waals surface area contributed by atoms with E-state index < -0.39 is 0 Å². The molecule has 0 heterocycles. The molecule has 0 radical (unpaired) electrons. The second kappa shape index (κ2) is 9.32. The Balaban J connectivity index is 3.96. The average molecular weight is 211 g/mol. The molecular weight excluding hydrogens is 190 g/mol. The Hall–Kier alpha value is -1.24. The third kappa shape index (κ3) is 6.78. The van der Waals surface area contributed by atoms with E-state index in [2.05, 4.69) is 19.2 Å². The first-order valence-electron chi connectivity index (χ1n) is 5.66. The summed E-state index contributed by atoms with van der Waals surface area (Å²) in [4.78, 5) is 13.4. The first-order valence-corrected chi connectivity index (χ1v) is 5.66. The first-order chi connectivity index (χ1) is 7.26. The van der Waals surface area contributed by atoms with Crippen molar-refractivity contribution in [2.24, 2.45) is 0 Å². The lowest BCUT2D eigenvalue weighted by molar-refractivity contribution is 0.197. The van der Waals surface area contributed by atoms with Gasteiger partial charge in [0.25, 0.3) is 0 Å². The number of urea groups is 1. The smallest absolute Gasteiger partial charge is 0.318 e. The van der Waals surface area contributed by atoms with Gasteiger partial charge in [-0.3, -0.25) is 0 Å². The predicted octanol–water partition coefficient (Wildman–Crippen LogP) is 2.12. The van der Waals surface area contributed by atoms with E-state index in [1.54, 1.807) is 4.90 Å². The number of hydrogen-bond donors (Lipinski definition) is 1. The van der Waals surface area contributed by atoms with Crippen LogP contribution in [0.5, 0.6) is 0 Å². The van der Waals surface area contributed by atoms with E-state index >= 15 is 0 Å². The number of unbranched alkanes of at least 4 members (excludes halogenated alkanes) is 2. The SMILES string of the molecule is CCCCN(CCCC)C(=O)NCC#N. The Labute approximate surface area is 92.3 Å². The molecule has 0 fully saturated rings. The summed E-state index contributed by atoms with van der Waals surface area (Å²) < 4.78 is 0. The molecule has 0 saturated carbocycles. The normalized spacial score (nSPS) is 9.40. The standard InChI is InChI=1S/C11H21N3O/c1-3-5-9-14(10-6-4-2)11(15)13-8-7-12/h3-6,8-10H2,1-2H3,(H,13,15). The number of nitriles is 1. The molecule has 0 spiro atoms. The predicted molar refractivity (Wildman–Crippen MR) is 60.4 cm³/mol. The molecule has 0 atom stereocenters. The van der Waals surface area contributed by atoms with Crippen LogP contribution in [0.2, 0.25) is 0 Å². The van der Waals surface area contributed by atoms with E-state index in [9.17, 15) is 4.79 Å². The van der Waals surface area contributed by atoms with Crippen molar-refractivity contribution in [3.8, 4) is 6.07 Å². The summed E-state index contributed by atoms with van der Waals surface area (Å²) in [5.74, 6) is 0. The van der Waals surface area contributed by atoms with Crippen molar-refractivity contribution in [1.29, 1.82) is 5.26 Å². The van der Waals surface area contributed by atoms with Crippen molar-refractivity contribution in [2.75, 3.05) is 19.6 Å². The van der Waals surface area contributed by atoms with Gasteiger partial charge in [0, 0.05) is 13.1 Å². The molecule has 0 aromatic heterocycles. The van der Waals surface area contributed by atoms with Crippen LogP contribution in [0.25, 0.3) is 0 Å². The molecule has 0 saturated heterocycles. The fourth-order valence-corrected chi connectivity index (χ4v) is 1.24. The van der Waals surface area contributed by atoms with Gasteiger partial charge in [0.2, 0.25) is 0 Å². The summed E-state index contributed by atoms with van der Waals surface area (Å²) in [6.07, 6.45) is 4.19. The van der Waals surface area contributed by atoms with Crippen molar-refractivity contribution in [1.82, 2.24) is 10.2 Å². The molecule has 0 bridgehead atoms. The minimum atomic E-state index is -0.113. The lowest BCUT2D eigenvalue weighted by Gasteiger charge is -2.22. The van der Waals surface area contributed by atoms with E-state index in [4.69, 9.17) is 5.26 Å². The van der Waals surface area contributed by atoms with Gasteiger partial charge in [-0.25, -0.2) is 4.79 Å². The van der Waals surface area contributed by atoms with Crippen molar-refractivity contribution in [2.45, 2.75) is 39.5 Å². The molecule has 86 valence electrons. The Morgan fingerprint density at radius 1 is 1.27 bits per heavy atom. The summed E-state index contributed by atoms with van der Waals surface area (Å²) in [6.45, 7) is 5.87. The molecule has 0 aliphatic heterocycles. The quantitative estimate of drug-likeness (QED) is 0.656. The van der Waals surface area contributed by atoms with Crippen LogP contribution >= 0.6 is 0 Å². The fourth-order valence-electron chi connectivity index (χ4n) is 1.24. The molecule has 0 rings (SSSR count). The van der Waals surface area contributed by atoms with E-state index in [0.29, 0.717) is 0 Å². The van der Waals surface area contributed by atoms with Crippen LogP contribution in [0.15, 0.2) is 0 Å². The molecule has 0 aliphatic rings. The highest BCUT2D eigenvalue weighted by Crippen LogP contribution is 1.99. The third-order valence-electron chi connectivity index (χ3n) is 2.17. The van der Waals surface area contributed by atoms with E-state index in [0.717, 1.165) is 38.8 Å². The van der Waals surface area contributed by atoms with Crippen LogP contribution in [-0.4, -0.2) is 30.6 Å². The number of carbonyl (C=O) groups is 1. The molecule has 1 N–H and O–H groups in total. The van der Waals surface area contributed by atoms with Crippen molar-refractivity contribution in [3.05, 3.63) is 0 Å². The number of nitrogens with one attached hydrogen (secondary N) is 1. The third-order valence-corrected chi connectivity index (χ3v) is 2.17. The zero-order valence-corrected chi connectivity index (χ0v) is 9.75. The van der Waals surface area contributed by atoms with Crippen LogP contribution in [0.3, 0.4) is 0 Å². The summed E-state index contributed by atoms with van der Waals surface area (Å²) in [7, 11) is 0. The lowest BCUT2D eigenvalue weighted by Crippen LogP contribution is -2.41. The molecule has 15 heavy (non-hydrogen) atoms. The van der Waals surface area contributed by atoms with Crippen LogP contribution < -0.4 is 5.32 Å². The average Bonchev–Trinajstić information content (AvgIpc) is 2.26.